The van der Waals surface area contributed by atoms with Crippen LogP contribution in [0.25, 0.3) is 0 Å². The normalized spacial score (nSPS) is 20.1. The first-order chi connectivity index (χ1) is 8.53. The maximum atomic E-state index is 11.7. The molecule has 0 spiro atoms. The predicted molar refractivity (Wildman–Crippen MR) is 72.6 cm³/mol. The number of para-hydroxylation sites is 2. The highest BCUT2D eigenvalue weighted by molar-refractivity contribution is 6.50. The molecule has 1 fully saturated rings. The second kappa shape index (κ2) is 5.24. The van der Waals surface area contributed by atoms with Crippen LogP contribution in [-0.4, -0.2) is 24.0 Å². The van der Waals surface area contributed by atoms with Gasteiger partial charge in [-0.3, -0.25) is 0 Å². The first-order valence-electron chi connectivity index (χ1n) is 5.58. The molecule has 0 radical (unpaired) electrons. The summed E-state index contributed by atoms with van der Waals surface area (Å²) >= 11 is 11.7. The number of hydrogen-bond acceptors (Lipinski definition) is 2. The fourth-order valence-corrected chi connectivity index (χ4v) is 2.15. The van der Waals surface area contributed by atoms with Crippen molar-refractivity contribution in [2.45, 2.75) is 10.8 Å². The van der Waals surface area contributed by atoms with Gasteiger partial charge in [0.25, 0.3) is 0 Å². The zero-order chi connectivity index (χ0) is 13.2. The Morgan fingerprint density at radius 2 is 2.17 bits per heavy atom. The van der Waals surface area contributed by atoms with Gasteiger partial charge in [0.1, 0.15) is 10.1 Å². The molecule has 1 aromatic rings. The topological polar surface area (TPSA) is 50.4 Å². The molecular formula is C12H14Cl2N2O2. The first kappa shape index (κ1) is 13.3. The van der Waals surface area contributed by atoms with E-state index in [1.165, 1.54) is 0 Å². The maximum Gasteiger partial charge on any atom is 0.319 e. The zero-order valence-electron chi connectivity index (χ0n) is 9.87. The summed E-state index contributed by atoms with van der Waals surface area (Å²) in [5, 5.41) is 5.44. The summed E-state index contributed by atoms with van der Waals surface area (Å²) in [5.74, 6) is 0.743. The van der Waals surface area contributed by atoms with Crippen molar-refractivity contribution in [1.82, 2.24) is 5.32 Å². The Bertz CT molecular complexity index is 451. The summed E-state index contributed by atoms with van der Waals surface area (Å²) < 4.78 is 4.46. The number of rotatable bonds is 4. The van der Waals surface area contributed by atoms with Crippen molar-refractivity contribution in [2.75, 3.05) is 19.0 Å². The van der Waals surface area contributed by atoms with Gasteiger partial charge in [0.2, 0.25) is 0 Å². The zero-order valence-corrected chi connectivity index (χ0v) is 11.4. The quantitative estimate of drug-likeness (QED) is 0.837. The lowest BCUT2D eigenvalue weighted by atomic mass is 10.3. The minimum Gasteiger partial charge on any atom is -0.495 e. The van der Waals surface area contributed by atoms with Crippen molar-refractivity contribution in [3.63, 3.8) is 0 Å². The molecule has 6 heteroatoms. The van der Waals surface area contributed by atoms with Crippen LogP contribution in [0, 0.1) is 5.92 Å². The van der Waals surface area contributed by atoms with E-state index in [0.29, 0.717) is 24.4 Å². The van der Waals surface area contributed by atoms with Crippen LogP contribution < -0.4 is 15.4 Å². The van der Waals surface area contributed by atoms with Gasteiger partial charge in [-0.15, -0.1) is 23.2 Å². The molecule has 2 amide bonds. The molecular weight excluding hydrogens is 275 g/mol. The average Bonchev–Trinajstić information content (AvgIpc) is 2.95. The fourth-order valence-electron chi connectivity index (χ4n) is 1.62. The van der Waals surface area contributed by atoms with E-state index in [2.05, 4.69) is 10.6 Å². The van der Waals surface area contributed by atoms with E-state index >= 15 is 0 Å². The van der Waals surface area contributed by atoms with E-state index in [1.54, 1.807) is 19.2 Å². The summed E-state index contributed by atoms with van der Waals surface area (Å²) in [6.45, 7) is 0.466. The van der Waals surface area contributed by atoms with Crippen LogP contribution in [0.15, 0.2) is 24.3 Å². The minimum absolute atomic E-state index is 0.129. The molecule has 1 aliphatic rings. The lowest BCUT2D eigenvalue weighted by Crippen LogP contribution is -2.31. The monoisotopic (exact) mass is 288 g/mol. The minimum atomic E-state index is -0.669. The molecule has 0 aromatic heterocycles. The van der Waals surface area contributed by atoms with Crippen LogP contribution in [0.4, 0.5) is 10.5 Å². The van der Waals surface area contributed by atoms with Crippen LogP contribution in [0.1, 0.15) is 6.42 Å². The molecule has 0 unspecified atom stereocenters. The maximum absolute atomic E-state index is 11.7. The predicted octanol–water partition coefficient (Wildman–Crippen LogP) is 3.01. The van der Waals surface area contributed by atoms with Crippen molar-refractivity contribution >= 4 is 34.9 Å². The van der Waals surface area contributed by atoms with E-state index in [4.69, 9.17) is 27.9 Å². The molecule has 2 N–H and O–H groups in total. The van der Waals surface area contributed by atoms with Crippen LogP contribution in [0.5, 0.6) is 5.75 Å². The molecule has 0 saturated heterocycles. The number of methoxy groups -OCH3 is 1. The van der Waals surface area contributed by atoms with Gasteiger partial charge in [-0.25, -0.2) is 4.79 Å². The van der Waals surface area contributed by atoms with Gasteiger partial charge in [0.05, 0.1) is 12.8 Å². The summed E-state index contributed by atoms with van der Waals surface area (Å²) in [4.78, 5) is 11.7. The van der Waals surface area contributed by atoms with Crippen molar-refractivity contribution in [1.29, 1.82) is 0 Å². The summed E-state index contributed by atoms with van der Waals surface area (Å²) in [6, 6.07) is 6.90. The molecule has 2 rings (SSSR count). The fraction of sp³-hybridized carbons (Fsp3) is 0.417. The highest BCUT2D eigenvalue weighted by atomic mass is 35.5. The van der Waals surface area contributed by atoms with Crippen LogP contribution in [0.2, 0.25) is 0 Å². The lowest BCUT2D eigenvalue weighted by molar-refractivity contribution is 0.251. The molecule has 0 heterocycles. The Morgan fingerprint density at radius 3 is 2.78 bits per heavy atom. The van der Waals surface area contributed by atoms with Crippen LogP contribution in [-0.2, 0) is 0 Å². The third-order valence-electron chi connectivity index (χ3n) is 2.82. The molecule has 0 bridgehead atoms. The number of urea groups is 1. The van der Waals surface area contributed by atoms with E-state index in [0.717, 1.165) is 0 Å². The lowest BCUT2D eigenvalue weighted by Gasteiger charge is -2.10. The second-order valence-electron chi connectivity index (χ2n) is 4.20. The molecule has 4 nitrogen and oxygen atoms in total. The Hall–Kier alpha value is -1.13. The van der Waals surface area contributed by atoms with Crippen molar-refractivity contribution < 1.29 is 9.53 Å². The average molecular weight is 289 g/mol. The summed E-state index contributed by atoms with van der Waals surface area (Å²) in [7, 11) is 1.55. The van der Waals surface area contributed by atoms with Gasteiger partial charge in [-0.2, -0.15) is 0 Å². The molecule has 0 aliphatic heterocycles. The van der Waals surface area contributed by atoms with E-state index in [-0.39, 0.29) is 11.9 Å². The number of amides is 2. The van der Waals surface area contributed by atoms with Gasteiger partial charge >= 0.3 is 6.03 Å². The second-order valence-corrected chi connectivity index (χ2v) is 5.74. The summed E-state index contributed by atoms with van der Waals surface area (Å²) in [6.07, 6.45) is 0.713. The van der Waals surface area contributed by atoms with Gasteiger partial charge in [0.15, 0.2) is 0 Å². The Labute approximate surface area is 116 Å². The molecule has 1 aromatic carbocycles. The van der Waals surface area contributed by atoms with Gasteiger partial charge in [0, 0.05) is 12.5 Å². The Morgan fingerprint density at radius 1 is 1.50 bits per heavy atom. The van der Waals surface area contributed by atoms with Crippen molar-refractivity contribution in [2.24, 2.45) is 5.92 Å². The Balaban J connectivity index is 1.84. The number of halogens is 2. The molecule has 1 atom stereocenters. The van der Waals surface area contributed by atoms with Crippen molar-refractivity contribution in [3.05, 3.63) is 24.3 Å². The molecule has 98 valence electrons. The Kier molecular flexibility index (Phi) is 3.88. The van der Waals surface area contributed by atoms with Crippen LogP contribution in [0.3, 0.4) is 0 Å². The smallest absolute Gasteiger partial charge is 0.319 e. The molecule has 18 heavy (non-hydrogen) atoms. The number of hydrogen-bond donors (Lipinski definition) is 2. The number of carbonyl (C=O) groups excluding carboxylic acids is 1. The van der Waals surface area contributed by atoms with Crippen LogP contribution >= 0.6 is 23.2 Å². The van der Waals surface area contributed by atoms with Gasteiger partial charge < -0.3 is 15.4 Å². The van der Waals surface area contributed by atoms with E-state index < -0.39 is 4.33 Å². The number of carbonyl (C=O) groups is 1. The van der Waals surface area contributed by atoms with E-state index in [9.17, 15) is 4.79 Å². The third-order valence-corrected chi connectivity index (χ3v) is 3.75. The summed E-state index contributed by atoms with van der Waals surface area (Å²) in [5.41, 5.74) is 0.622. The first-order valence-corrected chi connectivity index (χ1v) is 6.34. The number of alkyl halides is 2. The van der Waals surface area contributed by atoms with Gasteiger partial charge in [-0.1, -0.05) is 12.1 Å². The molecule has 1 aliphatic carbocycles. The van der Waals surface area contributed by atoms with E-state index in [1.807, 2.05) is 12.1 Å². The highest BCUT2D eigenvalue weighted by Crippen LogP contribution is 2.52. The third kappa shape index (κ3) is 3.21. The highest BCUT2D eigenvalue weighted by Gasteiger charge is 2.51. The SMILES string of the molecule is COc1ccccc1NC(=O)NC[C@@H]1CC1(Cl)Cl. The standard InChI is InChI=1S/C12H14Cl2N2O2/c1-18-10-5-3-2-4-9(10)16-11(17)15-7-8-6-12(8,13)14/h2-5,8H,6-7H2,1H3,(H2,15,16,17)/t8-/m0/s1. The number of nitrogens with one attached hydrogen (secondary N) is 2. The number of anilines is 1. The number of ether oxygens (including phenoxy) is 1. The largest absolute Gasteiger partial charge is 0.495 e. The van der Waals surface area contributed by atoms with Gasteiger partial charge in [-0.05, 0) is 18.6 Å². The van der Waals surface area contributed by atoms with Crippen molar-refractivity contribution in [3.8, 4) is 5.75 Å². The molecule has 1 saturated carbocycles. The number of benzene rings is 1.